The number of esters is 1. The Balaban J connectivity index is 2.17. The van der Waals surface area contributed by atoms with Crippen molar-refractivity contribution in [3.8, 4) is 5.75 Å². The number of ether oxygens (including phenoxy) is 1. The number of carbonyl (C=O) groups excluding carboxylic acids is 2. The zero-order chi connectivity index (χ0) is 14.5. The lowest BCUT2D eigenvalue weighted by Crippen LogP contribution is -2.04. The smallest absolute Gasteiger partial charge is 0.335 e. The van der Waals surface area contributed by atoms with E-state index in [2.05, 4.69) is 6.58 Å². The minimum atomic E-state index is -0.567. The third kappa shape index (κ3) is 3.17. The lowest BCUT2D eigenvalue weighted by atomic mass is 10.0. The minimum Gasteiger partial charge on any atom is -0.423 e. The Morgan fingerprint density at radius 3 is 1.95 bits per heavy atom. The van der Waals surface area contributed by atoms with Crippen LogP contribution in [0.1, 0.15) is 15.9 Å². The van der Waals surface area contributed by atoms with Gasteiger partial charge in [-0.1, -0.05) is 6.58 Å². The van der Waals surface area contributed by atoms with Crippen LogP contribution in [-0.4, -0.2) is 11.8 Å². The Morgan fingerprint density at radius 2 is 1.45 bits per heavy atom. The molecule has 0 aromatic heterocycles. The summed E-state index contributed by atoms with van der Waals surface area (Å²) in [5.74, 6) is -0.868. The molecule has 0 unspecified atom stereocenters. The second-order valence-corrected chi connectivity index (χ2v) is 3.99. The normalized spacial score (nSPS) is 9.85. The summed E-state index contributed by atoms with van der Waals surface area (Å²) in [6.45, 7) is 3.29. The SMILES string of the molecule is C=CC(=O)Oc1ccc(C(=O)c2ccc(F)cc2)cc1. The largest absolute Gasteiger partial charge is 0.423 e. The van der Waals surface area contributed by atoms with E-state index in [9.17, 15) is 14.0 Å². The maximum absolute atomic E-state index is 12.8. The van der Waals surface area contributed by atoms with Crippen molar-refractivity contribution in [2.24, 2.45) is 0 Å². The van der Waals surface area contributed by atoms with Crippen LogP contribution in [0, 0.1) is 5.82 Å². The monoisotopic (exact) mass is 270 g/mol. The molecule has 0 aliphatic carbocycles. The molecule has 0 saturated carbocycles. The van der Waals surface area contributed by atoms with Gasteiger partial charge in [0.2, 0.25) is 0 Å². The van der Waals surface area contributed by atoms with E-state index in [1.54, 1.807) is 0 Å². The molecule has 0 amide bonds. The van der Waals surface area contributed by atoms with Crippen molar-refractivity contribution >= 4 is 11.8 Å². The molecule has 0 bridgehead atoms. The fourth-order valence-electron chi connectivity index (χ4n) is 1.60. The van der Waals surface area contributed by atoms with Crippen LogP contribution < -0.4 is 4.74 Å². The molecule has 0 heterocycles. The van der Waals surface area contributed by atoms with Crippen molar-refractivity contribution in [2.45, 2.75) is 0 Å². The van der Waals surface area contributed by atoms with Crippen molar-refractivity contribution in [2.75, 3.05) is 0 Å². The predicted octanol–water partition coefficient (Wildman–Crippen LogP) is 3.15. The standard InChI is InChI=1S/C16H11FO3/c1-2-15(18)20-14-9-5-12(6-10-14)16(19)11-3-7-13(17)8-4-11/h2-10H,1H2. The summed E-state index contributed by atoms with van der Waals surface area (Å²) < 4.78 is 17.7. The van der Waals surface area contributed by atoms with E-state index < -0.39 is 11.8 Å². The van der Waals surface area contributed by atoms with Crippen LogP contribution >= 0.6 is 0 Å². The molecule has 0 aliphatic heterocycles. The Hall–Kier alpha value is -2.75. The molecule has 0 radical (unpaired) electrons. The Kier molecular flexibility index (Phi) is 4.05. The van der Waals surface area contributed by atoms with E-state index in [1.165, 1.54) is 48.5 Å². The van der Waals surface area contributed by atoms with Gasteiger partial charge in [-0.15, -0.1) is 0 Å². The first-order chi connectivity index (χ1) is 9.60. The molecule has 2 rings (SSSR count). The van der Waals surface area contributed by atoms with Gasteiger partial charge in [-0.2, -0.15) is 0 Å². The van der Waals surface area contributed by atoms with E-state index in [4.69, 9.17) is 4.74 Å². The number of halogens is 1. The molecule has 0 atom stereocenters. The van der Waals surface area contributed by atoms with Crippen molar-refractivity contribution in [1.29, 1.82) is 0 Å². The molecule has 4 heteroatoms. The molecule has 2 aromatic carbocycles. The van der Waals surface area contributed by atoms with Crippen LogP contribution in [0.2, 0.25) is 0 Å². The molecule has 0 fully saturated rings. The molecular formula is C16H11FO3. The average molecular weight is 270 g/mol. The Labute approximate surface area is 115 Å². The molecule has 0 aliphatic rings. The maximum atomic E-state index is 12.8. The predicted molar refractivity (Wildman–Crippen MR) is 72.1 cm³/mol. The van der Waals surface area contributed by atoms with Crippen LogP contribution in [-0.2, 0) is 4.79 Å². The topological polar surface area (TPSA) is 43.4 Å². The molecular weight excluding hydrogens is 259 g/mol. The molecule has 2 aromatic rings. The van der Waals surface area contributed by atoms with Gasteiger partial charge in [0, 0.05) is 17.2 Å². The van der Waals surface area contributed by atoms with Gasteiger partial charge in [-0.05, 0) is 48.5 Å². The summed E-state index contributed by atoms with van der Waals surface area (Å²) in [4.78, 5) is 23.1. The highest BCUT2D eigenvalue weighted by molar-refractivity contribution is 6.09. The second kappa shape index (κ2) is 5.93. The van der Waals surface area contributed by atoms with Gasteiger partial charge in [0.05, 0.1) is 0 Å². The third-order valence-corrected chi connectivity index (χ3v) is 2.61. The summed E-state index contributed by atoms with van der Waals surface area (Å²) >= 11 is 0. The lowest BCUT2D eigenvalue weighted by molar-refractivity contribution is -0.128. The van der Waals surface area contributed by atoms with Crippen molar-refractivity contribution in [3.05, 3.63) is 78.1 Å². The molecule has 0 saturated heterocycles. The van der Waals surface area contributed by atoms with Crippen molar-refractivity contribution in [3.63, 3.8) is 0 Å². The van der Waals surface area contributed by atoms with Gasteiger partial charge in [0.15, 0.2) is 5.78 Å². The first kappa shape index (κ1) is 13.7. The molecule has 0 spiro atoms. The number of ketones is 1. The highest BCUT2D eigenvalue weighted by Gasteiger charge is 2.09. The van der Waals surface area contributed by atoms with Gasteiger partial charge < -0.3 is 4.74 Å². The highest BCUT2D eigenvalue weighted by Crippen LogP contribution is 2.16. The first-order valence-electron chi connectivity index (χ1n) is 5.85. The zero-order valence-electron chi connectivity index (χ0n) is 10.5. The zero-order valence-corrected chi connectivity index (χ0v) is 10.5. The van der Waals surface area contributed by atoms with Crippen LogP contribution in [0.5, 0.6) is 5.75 Å². The number of hydrogen-bond donors (Lipinski definition) is 0. The van der Waals surface area contributed by atoms with Crippen LogP contribution in [0.15, 0.2) is 61.2 Å². The second-order valence-electron chi connectivity index (χ2n) is 3.99. The highest BCUT2D eigenvalue weighted by atomic mass is 19.1. The Morgan fingerprint density at radius 1 is 0.950 bits per heavy atom. The van der Waals surface area contributed by atoms with E-state index >= 15 is 0 Å². The van der Waals surface area contributed by atoms with E-state index in [0.29, 0.717) is 16.9 Å². The lowest BCUT2D eigenvalue weighted by Gasteiger charge is -2.04. The van der Waals surface area contributed by atoms with E-state index in [1.807, 2.05) is 0 Å². The van der Waals surface area contributed by atoms with Crippen LogP contribution in [0.3, 0.4) is 0 Å². The molecule has 100 valence electrons. The van der Waals surface area contributed by atoms with Gasteiger partial charge in [-0.25, -0.2) is 9.18 Å². The summed E-state index contributed by atoms with van der Waals surface area (Å²) in [6.07, 6.45) is 1.05. The van der Waals surface area contributed by atoms with E-state index in [-0.39, 0.29) is 5.78 Å². The quantitative estimate of drug-likeness (QED) is 0.371. The van der Waals surface area contributed by atoms with Crippen LogP contribution in [0.4, 0.5) is 4.39 Å². The molecule has 20 heavy (non-hydrogen) atoms. The maximum Gasteiger partial charge on any atom is 0.335 e. The minimum absolute atomic E-state index is 0.230. The van der Waals surface area contributed by atoms with E-state index in [0.717, 1.165) is 6.08 Å². The Bertz CT molecular complexity index is 642. The fraction of sp³-hybridized carbons (Fsp3) is 0. The fourth-order valence-corrected chi connectivity index (χ4v) is 1.60. The van der Waals surface area contributed by atoms with Crippen LogP contribution in [0.25, 0.3) is 0 Å². The van der Waals surface area contributed by atoms with Gasteiger partial charge >= 0.3 is 5.97 Å². The average Bonchev–Trinajstić information content (AvgIpc) is 2.48. The van der Waals surface area contributed by atoms with Crippen molar-refractivity contribution < 1.29 is 18.7 Å². The number of benzene rings is 2. The summed E-state index contributed by atoms with van der Waals surface area (Å²) in [6, 6.07) is 11.4. The first-order valence-corrected chi connectivity index (χ1v) is 5.85. The summed E-state index contributed by atoms with van der Waals surface area (Å²) in [5, 5.41) is 0. The number of carbonyl (C=O) groups is 2. The van der Waals surface area contributed by atoms with Gasteiger partial charge in [-0.3, -0.25) is 4.79 Å². The number of hydrogen-bond acceptors (Lipinski definition) is 3. The van der Waals surface area contributed by atoms with Gasteiger partial charge in [0.25, 0.3) is 0 Å². The van der Waals surface area contributed by atoms with Gasteiger partial charge in [0.1, 0.15) is 11.6 Å². The molecule has 3 nitrogen and oxygen atoms in total. The summed E-state index contributed by atoms with van der Waals surface area (Å²) in [5.41, 5.74) is 0.817. The number of rotatable bonds is 4. The third-order valence-electron chi connectivity index (χ3n) is 2.61. The molecule has 0 N–H and O–H groups in total. The van der Waals surface area contributed by atoms with Crippen molar-refractivity contribution in [1.82, 2.24) is 0 Å². The summed E-state index contributed by atoms with van der Waals surface area (Å²) in [7, 11) is 0.